The van der Waals surface area contributed by atoms with E-state index in [0.29, 0.717) is 0 Å². The Labute approximate surface area is 112 Å². The lowest BCUT2D eigenvalue weighted by atomic mass is 10.2. The van der Waals surface area contributed by atoms with E-state index < -0.39 is 0 Å². The summed E-state index contributed by atoms with van der Waals surface area (Å²) in [7, 11) is 3.94. The van der Waals surface area contributed by atoms with Gasteiger partial charge in [0.25, 0.3) is 0 Å². The number of rotatable bonds is 5. The minimum atomic E-state index is 0.772. The van der Waals surface area contributed by atoms with Crippen LogP contribution in [-0.2, 0) is 13.1 Å². The molecule has 1 aromatic heterocycles. The number of benzene rings is 1. The second kappa shape index (κ2) is 5.94. The number of nitrogens with one attached hydrogen (secondary N) is 1. The van der Waals surface area contributed by atoms with Gasteiger partial charge in [-0.05, 0) is 30.8 Å². The number of halogens is 1. The molecule has 0 bridgehead atoms. The molecule has 0 aliphatic rings. The summed E-state index contributed by atoms with van der Waals surface area (Å²) in [4.78, 5) is 2.11. The van der Waals surface area contributed by atoms with Crippen LogP contribution in [0.3, 0.4) is 0 Å². The van der Waals surface area contributed by atoms with Gasteiger partial charge in [-0.3, -0.25) is 0 Å². The summed E-state index contributed by atoms with van der Waals surface area (Å²) in [5, 5.41) is 3.88. The molecular formula is C14H17ClN2O. The van der Waals surface area contributed by atoms with Crippen molar-refractivity contribution < 1.29 is 4.42 Å². The fourth-order valence-electron chi connectivity index (χ4n) is 1.92. The summed E-state index contributed by atoms with van der Waals surface area (Å²) >= 11 is 6.31. The van der Waals surface area contributed by atoms with Gasteiger partial charge >= 0.3 is 0 Å². The fourth-order valence-corrected chi connectivity index (χ4v) is 2.26. The molecule has 3 nitrogen and oxygen atoms in total. The Kier molecular flexibility index (Phi) is 4.28. The summed E-state index contributed by atoms with van der Waals surface area (Å²) in [6.07, 6.45) is 3.43. The van der Waals surface area contributed by atoms with Crippen molar-refractivity contribution in [3.8, 4) is 0 Å². The summed E-state index contributed by atoms with van der Waals surface area (Å²) in [5.41, 5.74) is 3.34. The third-order valence-corrected chi connectivity index (χ3v) is 3.11. The molecule has 2 aromatic rings. The molecule has 1 heterocycles. The summed E-state index contributed by atoms with van der Waals surface area (Å²) in [5.74, 6) is 0. The highest BCUT2D eigenvalue weighted by Crippen LogP contribution is 2.27. The quantitative estimate of drug-likeness (QED) is 0.898. The highest BCUT2D eigenvalue weighted by Gasteiger charge is 2.08. The molecule has 96 valence electrons. The third kappa shape index (κ3) is 3.06. The van der Waals surface area contributed by atoms with E-state index in [1.54, 1.807) is 12.5 Å². The van der Waals surface area contributed by atoms with Gasteiger partial charge in [-0.2, -0.15) is 0 Å². The zero-order valence-corrected chi connectivity index (χ0v) is 11.4. The number of hydrogen-bond acceptors (Lipinski definition) is 3. The van der Waals surface area contributed by atoms with Crippen LogP contribution in [0, 0.1) is 0 Å². The standard InChI is InChI=1S/C14H17ClN2O/c1-16-8-11-3-4-14(13(15)7-11)17(2)9-12-5-6-18-10-12/h3-7,10,16H,8-9H2,1-2H3. The van der Waals surface area contributed by atoms with Gasteiger partial charge in [0.2, 0.25) is 0 Å². The molecule has 1 N–H and O–H groups in total. The Morgan fingerprint density at radius 3 is 2.72 bits per heavy atom. The second-order valence-corrected chi connectivity index (χ2v) is 4.71. The first-order valence-electron chi connectivity index (χ1n) is 5.86. The molecule has 0 saturated carbocycles. The van der Waals surface area contributed by atoms with Crippen molar-refractivity contribution in [1.82, 2.24) is 5.32 Å². The fraction of sp³-hybridized carbons (Fsp3) is 0.286. The van der Waals surface area contributed by atoms with Crippen LogP contribution < -0.4 is 10.2 Å². The lowest BCUT2D eigenvalue weighted by Crippen LogP contribution is -2.16. The molecule has 4 heteroatoms. The largest absolute Gasteiger partial charge is 0.472 e. The van der Waals surface area contributed by atoms with Crippen molar-refractivity contribution in [2.45, 2.75) is 13.1 Å². The number of anilines is 1. The van der Waals surface area contributed by atoms with Crippen LogP contribution in [0.1, 0.15) is 11.1 Å². The zero-order valence-electron chi connectivity index (χ0n) is 10.6. The molecule has 0 saturated heterocycles. The number of nitrogens with zero attached hydrogens (tertiary/aromatic N) is 1. The van der Waals surface area contributed by atoms with E-state index >= 15 is 0 Å². The van der Waals surface area contributed by atoms with Crippen LogP contribution in [0.2, 0.25) is 5.02 Å². The maximum absolute atomic E-state index is 6.31. The van der Waals surface area contributed by atoms with Gasteiger partial charge < -0.3 is 14.6 Å². The molecular weight excluding hydrogens is 248 g/mol. The van der Waals surface area contributed by atoms with Crippen molar-refractivity contribution in [2.24, 2.45) is 0 Å². The lowest BCUT2D eigenvalue weighted by molar-refractivity contribution is 0.563. The first-order valence-corrected chi connectivity index (χ1v) is 6.23. The van der Waals surface area contributed by atoms with E-state index in [-0.39, 0.29) is 0 Å². The van der Waals surface area contributed by atoms with Crippen molar-refractivity contribution in [2.75, 3.05) is 19.0 Å². The molecule has 0 atom stereocenters. The van der Waals surface area contributed by atoms with E-state index in [0.717, 1.165) is 29.4 Å². The average molecular weight is 265 g/mol. The topological polar surface area (TPSA) is 28.4 Å². The van der Waals surface area contributed by atoms with E-state index in [1.807, 2.05) is 26.2 Å². The Hall–Kier alpha value is -1.45. The molecule has 0 radical (unpaired) electrons. The van der Waals surface area contributed by atoms with Gasteiger partial charge in [-0.25, -0.2) is 0 Å². The normalized spacial score (nSPS) is 10.6. The van der Waals surface area contributed by atoms with E-state index in [1.165, 1.54) is 5.56 Å². The summed E-state index contributed by atoms with van der Waals surface area (Å²) in [6.45, 7) is 1.60. The van der Waals surface area contributed by atoms with Gasteiger partial charge in [0, 0.05) is 25.7 Å². The molecule has 0 amide bonds. The molecule has 0 aliphatic carbocycles. The smallest absolute Gasteiger partial charge is 0.0952 e. The maximum atomic E-state index is 6.31. The molecule has 0 spiro atoms. The average Bonchev–Trinajstić information content (AvgIpc) is 2.82. The van der Waals surface area contributed by atoms with E-state index in [2.05, 4.69) is 22.3 Å². The molecule has 1 aromatic carbocycles. The van der Waals surface area contributed by atoms with Crippen LogP contribution in [0.4, 0.5) is 5.69 Å². The first kappa shape index (κ1) is 13.0. The Morgan fingerprint density at radius 2 is 2.11 bits per heavy atom. The van der Waals surface area contributed by atoms with Crippen LogP contribution in [-0.4, -0.2) is 14.1 Å². The monoisotopic (exact) mass is 264 g/mol. The Morgan fingerprint density at radius 1 is 1.28 bits per heavy atom. The predicted molar refractivity (Wildman–Crippen MR) is 75.0 cm³/mol. The van der Waals surface area contributed by atoms with Gasteiger partial charge in [0.1, 0.15) is 0 Å². The van der Waals surface area contributed by atoms with Crippen molar-refractivity contribution in [1.29, 1.82) is 0 Å². The minimum absolute atomic E-state index is 0.772. The van der Waals surface area contributed by atoms with Crippen LogP contribution in [0.25, 0.3) is 0 Å². The highest BCUT2D eigenvalue weighted by atomic mass is 35.5. The van der Waals surface area contributed by atoms with Crippen molar-refractivity contribution in [3.63, 3.8) is 0 Å². The van der Waals surface area contributed by atoms with Crippen molar-refractivity contribution >= 4 is 17.3 Å². The second-order valence-electron chi connectivity index (χ2n) is 4.30. The summed E-state index contributed by atoms with van der Waals surface area (Å²) in [6, 6.07) is 8.09. The zero-order chi connectivity index (χ0) is 13.0. The third-order valence-electron chi connectivity index (χ3n) is 2.80. The Balaban J connectivity index is 2.12. The Bertz CT molecular complexity index is 497. The maximum Gasteiger partial charge on any atom is 0.0952 e. The van der Waals surface area contributed by atoms with Gasteiger partial charge in [0.15, 0.2) is 0 Å². The van der Waals surface area contributed by atoms with E-state index in [9.17, 15) is 0 Å². The lowest BCUT2D eigenvalue weighted by Gasteiger charge is -2.20. The molecule has 0 unspecified atom stereocenters. The van der Waals surface area contributed by atoms with E-state index in [4.69, 9.17) is 16.0 Å². The van der Waals surface area contributed by atoms with Gasteiger partial charge in [0.05, 0.1) is 23.2 Å². The van der Waals surface area contributed by atoms with Gasteiger partial charge in [-0.1, -0.05) is 17.7 Å². The van der Waals surface area contributed by atoms with Crippen LogP contribution in [0.15, 0.2) is 41.2 Å². The SMILES string of the molecule is CNCc1ccc(N(C)Cc2ccoc2)c(Cl)c1. The number of furan rings is 1. The predicted octanol–water partition coefficient (Wildman–Crippen LogP) is 3.29. The summed E-state index contributed by atoms with van der Waals surface area (Å²) < 4.78 is 5.06. The molecule has 18 heavy (non-hydrogen) atoms. The minimum Gasteiger partial charge on any atom is -0.472 e. The number of hydrogen-bond donors (Lipinski definition) is 1. The first-order chi connectivity index (χ1) is 8.70. The van der Waals surface area contributed by atoms with Crippen molar-refractivity contribution in [3.05, 3.63) is 52.9 Å². The van der Waals surface area contributed by atoms with Crippen LogP contribution >= 0.6 is 11.6 Å². The van der Waals surface area contributed by atoms with Crippen LogP contribution in [0.5, 0.6) is 0 Å². The molecule has 0 aliphatic heterocycles. The molecule has 0 fully saturated rings. The highest BCUT2D eigenvalue weighted by molar-refractivity contribution is 6.33. The van der Waals surface area contributed by atoms with Gasteiger partial charge in [-0.15, -0.1) is 0 Å². The molecule has 2 rings (SSSR count).